The second-order valence-electron chi connectivity index (χ2n) is 9.21. The molecule has 1 amide bonds. The van der Waals surface area contributed by atoms with Crippen LogP contribution in [0.2, 0.25) is 0 Å². The minimum absolute atomic E-state index is 0. The summed E-state index contributed by atoms with van der Waals surface area (Å²) in [5.41, 5.74) is 2.99. The third kappa shape index (κ3) is 4.85. The van der Waals surface area contributed by atoms with Crippen molar-refractivity contribution in [2.75, 3.05) is 44.8 Å². The molecule has 0 bridgehead atoms. The van der Waals surface area contributed by atoms with Gasteiger partial charge in [-0.05, 0) is 32.0 Å². The van der Waals surface area contributed by atoms with Crippen LogP contribution in [-0.2, 0) is 14.9 Å². The van der Waals surface area contributed by atoms with Crippen LogP contribution in [0, 0.1) is 6.92 Å². The van der Waals surface area contributed by atoms with E-state index >= 15 is 0 Å². The largest absolute Gasteiger partial charge is 0.383 e. The fraction of sp³-hybridized carbons (Fsp3) is 0.583. The zero-order valence-electron chi connectivity index (χ0n) is 18.6. The van der Waals surface area contributed by atoms with Gasteiger partial charge in [0.05, 0.1) is 29.4 Å². The van der Waals surface area contributed by atoms with E-state index in [9.17, 15) is 4.79 Å². The number of fused-ring (bicyclic) bond motifs is 1. The van der Waals surface area contributed by atoms with Gasteiger partial charge in [0.1, 0.15) is 0 Å². The summed E-state index contributed by atoms with van der Waals surface area (Å²) < 4.78 is 5.40. The van der Waals surface area contributed by atoms with Gasteiger partial charge in [-0.15, -0.1) is 11.3 Å². The quantitative estimate of drug-likeness (QED) is 0.762. The van der Waals surface area contributed by atoms with Crippen LogP contribution in [-0.4, -0.2) is 67.8 Å². The van der Waals surface area contributed by atoms with Crippen LogP contribution in [0.1, 0.15) is 38.6 Å². The zero-order chi connectivity index (χ0) is 21.5. The summed E-state index contributed by atoms with van der Waals surface area (Å²) in [6.45, 7) is 12.1. The number of pyridine rings is 1. The molecule has 0 saturated carbocycles. The van der Waals surface area contributed by atoms with Crippen molar-refractivity contribution in [3.05, 3.63) is 34.8 Å². The van der Waals surface area contributed by atoms with Crippen molar-refractivity contribution in [1.82, 2.24) is 15.2 Å². The Bertz CT molecular complexity index is 926. The Kier molecular flexibility index (Phi) is 7.21. The van der Waals surface area contributed by atoms with Crippen molar-refractivity contribution >= 4 is 22.9 Å². The Morgan fingerprint density at radius 3 is 2.84 bits per heavy atom. The molecule has 2 aliphatic rings. The lowest BCUT2D eigenvalue weighted by Gasteiger charge is -2.39. The molecule has 0 spiro atoms. The molecular formula is C24H36N4O2S. The van der Waals surface area contributed by atoms with Gasteiger partial charge < -0.3 is 15.0 Å². The van der Waals surface area contributed by atoms with Crippen LogP contribution in [0.5, 0.6) is 0 Å². The maximum atomic E-state index is 13.5. The number of carbonyl (C=O) groups excluding carboxylic acids is 1. The minimum atomic E-state index is -0.107. The first-order valence-corrected chi connectivity index (χ1v) is 11.4. The van der Waals surface area contributed by atoms with Gasteiger partial charge in [-0.2, -0.15) is 0 Å². The van der Waals surface area contributed by atoms with E-state index in [-0.39, 0.29) is 24.8 Å². The highest BCUT2D eigenvalue weighted by Crippen LogP contribution is 2.42. The number of aromatic nitrogens is 1. The first kappa shape index (κ1) is 23.9. The van der Waals surface area contributed by atoms with Crippen LogP contribution in [0.15, 0.2) is 24.4 Å². The minimum Gasteiger partial charge on any atom is -0.383 e. The summed E-state index contributed by atoms with van der Waals surface area (Å²) >= 11 is 1.74. The Morgan fingerprint density at radius 2 is 2.16 bits per heavy atom. The standard InChI is InChI=1S/C23H32N4O2S.CH4/c1-15-11-26(17(9-24-15)13-29-5)12-22(28)27-14-23(3,4)18-10-25-19(8-20(18)27)21-7-6-16(2)30-21;/h6-8,10,15,17,24H,9,11-14H2,1-5H3;1H4/t15-,17-;/m1./s1. The molecule has 2 aliphatic heterocycles. The Labute approximate surface area is 190 Å². The second-order valence-corrected chi connectivity index (χ2v) is 10.5. The van der Waals surface area contributed by atoms with E-state index in [1.807, 2.05) is 11.1 Å². The topological polar surface area (TPSA) is 57.7 Å². The fourth-order valence-electron chi connectivity index (χ4n) is 4.53. The van der Waals surface area contributed by atoms with Crippen LogP contribution in [0.4, 0.5) is 5.69 Å². The summed E-state index contributed by atoms with van der Waals surface area (Å²) in [5.74, 6) is 0.150. The predicted molar refractivity (Wildman–Crippen MR) is 129 cm³/mol. The molecule has 31 heavy (non-hydrogen) atoms. The van der Waals surface area contributed by atoms with Gasteiger partial charge in [0.2, 0.25) is 5.91 Å². The van der Waals surface area contributed by atoms with E-state index in [4.69, 9.17) is 9.72 Å². The first-order valence-electron chi connectivity index (χ1n) is 10.6. The van der Waals surface area contributed by atoms with Crippen molar-refractivity contribution in [2.45, 2.75) is 52.6 Å². The van der Waals surface area contributed by atoms with Crippen molar-refractivity contribution in [2.24, 2.45) is 0 Å². The lowest BCUT2D eigenvalue weighted by atomic mass is 9.88. The molecule has 2 atom stereocenters. The van der Waals surface area contributed by atoms with Crippen LogP contribution in [0.25, 0.3) is 10.6 Å². The van der Waals surface area contributed by atoms with Crippen molar-refractivity contribution < 1.29 is 9.53 Å². The third-order valence-electron chi connectivity index (χ3n) is 6.17. The molecule has 0 aliphatic carbocycles. The molecule has 170 valence electrons. The monoisotopic (exact) mass is 444 g/mol. The first-order chi connectivity index (χ1) is 14.3. The van der Waals surface area contributed by atoms with E-state index < -0.39 is 0 Å². The number of methoxy groups -OCH3 is 1. The number of anilines is 1. The summed E-state index contributed by atoms with van der Waals surface area (Å²) in [6, 6.07) is 6.90. The number of aryl methyl sites for hydroxylation is 1. The molecule has 2 aromatic heterocycles. The number of hydrogen-bond donors (Lipinski definition) is 1. The zero-order valence-corrected chi connectivity index (χ0v) is 19.4. The molecular weight excluding hydrogens is 408 g/mol. The lowest BCUT2D eigenvalue weighted by Crippen LogP contribution is -2.59. The van der Waals surface area contributed by atoms with Crippen molar-refractivity contribution in [3.8, 4) is 10.6 Å². The maximum Gasteiger partial charge on any atom is 0.241 e. The van der Waals surface area contributed by atoms with Gasteiger partial charge in [0.25, 0.3) is 0 Å². The molecule has 7 heteroatoms. The predicted octanol–water partition coefficient (Wildman–Crippen LogP) is 3.69. The summed E-state index contributed by atoms with van der Waals surface area (Å²) in [7, 11) is 1.72. The molecule has 2 aromatic rings. The smallest absolute Gasteiger partial charge is 0.241 e. The normalized spacial score (nSPS) is 22.8. The number of carbonyl (C=O) groups is 1. The van der Waals surface area contributed by atoms with E-state index in [1.54, 1.807) is 18.4 Å². The lowest BCUT2D eigenvalue weighted by molar-refractivity contribution is -0.121. The van der Waals surface area contributed by atoms with Gasteiger partial charge in [-0.1, -0.05) is 21.3 Å². The number of rotatable bonds is 5. The highest BCUT2D eigenvalue weighted by Gasteiger charge is 2.39. The Morgan fingerprint density at radius 1 is 1.39 bits per heavy atom. The van der Waals surface area contributed by atoms with Crippen LogP contribution < -0.4 is 10.2 Å². The van der Waals surface area contributed by atoms with E-state index in [0.29, 0.717) is 25.7 Å². The van der Waals surface area contributed by atoms with Gasteiger partial charge in [-0.25, -0.2) is 0 Å². The average Bonchev–Trinajstić information content (AvgIpc) is 3.25. The summed E-state index contributed by atoms with van der Waals surface area (Å²) in [5, 5.41) is 3.49. The molecule has 4 rings (SSSR count). The van der Waals surface area contributed by atoms with Crippen molar-refractivity contribution in [3.63, 3.8) is 0 Å². The van der Waals surface area contributed by atoms with Gasteiger partial charge in [-0.3, -0.25) is 14.7 Å². The van der Waals surface area contributed by atoms with Gasteiger partial charge >= 0.3 is 0 Å². The molecule has 6 nitrogen and oxygen atoms in total. The van der Waals surface area contributed by atoms with E-state index in [0.717, 1.165) is 34.9 Å². The molecule has 0 unspecified atom stereocenters. The molecule has 0 aromatic carbocycles. The van der Waals surface area contributed by atoms with Crippen molar-refractivity contribution in [1.29, 1.82) is 0 Å². The fourth-order valence-corrected chi connectivity index (χ4v) is 5.36. The molecule has 4 heterocycles. The SMILES string of the molecule is C.COC[C@H]1CN[C@H](C)CN1CC(=O)N1CC(C)(C)c2cnc(-c3ccc(C)s3)cc21. The van der Waals surface area contributed by atoms with E-state index in [1.165, 1.54) is 4.88 Å². The second kappa shape index (κ2) is 9.36. The molecule has 1 N–H and O–H groups in total. The molecule has 0 radical (unpaired) electrons. The van der Waals surface area contributed by atoms with Gasteiger partial charge in [0.15, 0.2) is 0 Å². The number of nitrogens with zero attached hydrogens (tertiary/aromatic N) is 3. The highest BCUT2D eigenvalue weighted by atomic mass is 32.1. The number of nitrogens with one attached hydrogen (secondary N) is 1. The number of amides is 1. The third-order valence-corrected chi connectivity index (χ3v) is 7.20. The number of thiophene rings is 1. The number of hydrogen-bond acceptors (Lipinski definition) is 6. The summed E-state index contributed by atoms with van der Waals surface area (Å²) in [6.07, 6.45) is 1.97. The van der Waals surface area contributed by atoms with Crippen LogP contribution in [0.3, 0.4) is 0 Å². The average molecular weight is 445 g/mol. The molecule has 1 fully saturated rings. The highest BCUT2D eigenvalue weighted by molar-refractivity contribution is 7.15. The number of piperazine rings is 1. The Hall–Kier alpha value is -1.80. The van der Waals surface area contributed by atoms with E-state index in [2.05, 4.69) is 56.1 Å². The maximum absolute atomic E-state index is 13.5. The van der Waals surface area contributed by atoms with Crippen LogP contribution >= 0.6 is 11.3 Å². The summed E-state index contributed by atoms with van der Waals surface area (Å²) in [4.78, 5) is 24.8. The van der Waals surface area contributed by atoms with Gasteiger partial charge in [0, 0.05) is 60.9 Å². The number of ether oxygens (including phenoxy) is 1. The Balaban J connectivity index is 0.00000272. The molecule has 1 saturated heterocycles.